The highest BCUT2D eigenvalue weighted by Crippen LogP contribution is 2.88. The molecular weight excluding hydrogens is 602 g/mol. The average molecular weight is 668 g/mol. The minimum atomic E-state index is -0.981. The summed E-state index contributed by atoms with van der Waals surface area (Å²) in [7, 11) is 0. The van der Waals surface area contributed by atoms with Gasteiger partial charge in [0.2, 0.25) is 11.7 Å². The number of piperidine rings is 1. The molecule has 2 saturated heterocycles. The van der Waals surface area contributed by atoms with Crippen LogP contribution in [-0.4, -0.2) is 71.2 Å². The van der Waals surface area contributed by atoms with Gasteiger partial charge in [-0.1, -0.05) is 80.6 Å². The van der Waals surface area contributed by atoms with Crippen molar-refractivity contribution in [2.24, 2.45) is 57.0 Å². The summed E-state index contributed by atoms with van der Waals surface area (Å²) in [4.78, 5) is 72.4. The lowest BCUT2D eigenvalue weighted by Gasteiger charge is -2.36. The van der Waals surface area contributed by atoms with Gasteiger partial charge in [-0.05, 0) is 85.6 Å². The van der Waals surface area contributed by atoms with Crippen LogP contribution in [0.25, 0.3) is 0 Å². The fraction of sp³-hybridized carbons (Fsp3) is 0.875. The maximum atomic E-state index is 14.9. The standard InChI is InChI=1S/C40H65N3O5/c1-26(2)29(24-42-17-9-8-10-18-42)20-30(44)22-31(37(3,4)5)36(48)43-25-40(38(6,7)39(40)15-12-16-39)23-32(43)33(45)21-28(34(46)35(41)47)19-27-13-11-14-27/h26-29,31-32H,8-25H2,1-7H3,(H2,41,47)/t28?,29-,31-,32+,40-/m1/s1. The first-order chi connectivity index (χ1) is 22.4. The monoisotopic (exact) mass is 667 g/mol. The second kappa shape index (κ2) is 13.9. The van der Waals surface area contributed by atoms with Crippen LogP contribution in [0.3, 0.4) is 0 Å². The Kier molecular flexibility index (Phi) is 10.8. The Morgan fingerprint density at radius 1 is 0.854 bits per heavy atom. The fourth-order valence-electron chi connectivity index (χ4n) is 10.7. The molecule has 0 aromatic rings. The van der Waals surface area contributed by atoms with Crippen molar-refractivity contribution in [2.45, 2.75) is 144 Å². The number of carbonyl (C=O) groups is 5. The SMILES string of the molecule is CC(C)[C@H](CC(=O)C[C@H](C(=O)N1C[C@]2(C[C@H]1C(=O)CC(CC1CCC1)C(=O)C(N)=O)C(C)(C)C21CCC1)C(C)(C)C)CN1CCCCC1. The normalized spacial score (nSPS) is 28.5. The first kappa shape index (κ1) is 37.2. The summed E-state index contributed by atoms with van der Waals surface area (Å²) in [6.45, 7) is 18.7. The highest BCUT2D eigenvalue weighted by molar-refractivity contribution is 6.36. The van der Waals surface area contributed by atoms with Crippen LogP contribution < -0.4 is 5.73 Å². The molecule has 2 N–H and O–H groups in total. The van der Waals surface area contributed by atoms with Crippen LogP contribution in [0.2, 0.25) is 0 Å². The lowest BCUT2D eigenvalue weighted by Crippen LogP contribution is -2.48. The van der Waals surface area contributed by atoms with Gasteiger partial charge in [-0.25, -0.2) is 0 Å². The third kappa shape index (κ3) is 6.82. The van der Waals surface area contributed by atoms with Gasteiger partial charge < -0.3 is 15.5 Å². The summed E-state index contributed by atoms with van der Waals surface area (Å²) in [5.41, 5.74) is 4.99. The van der Waals surface area contributed by atoms with E-state index < -0.39 is 35.0 Å². The zero-order chi connectivity index (χ0) is 35.2. The van der Waals surface area contributed by atoms with Gasteiger partial charge in [0, 0.05) is 49.6 Å². The number of Topliss-reactive ketones (excluding diaryl/α,β-unsaturated/α-hetero) is 3. The summed E-state index contributed by atoms with van der Waals surface area (Å²) in [5, 5.41) is 0. The van der Waals surface area contributed by atoms with E-state index in [0.29, 0.717) is 37.6 Å². The summed E-state index contributed by atoms with van der Waals surface area (Å²) in [6, 6.07) is -0.649. The first-order valence-electron chi connectivity index (χ1n) is 19.3. The molecule has 2 spiro atoms. The number of amides is 2. The second-order valence-corrected chi connectivity index (χ2v) is 18.7. The molecule has 3 aliphatic carbocycles. The van der Waals surface area contributed by atoms with Crippen molar-refractivity contribution in [2.75, 3.05) is 26.2 Å². The molecular formula is C40H65N3O5. The van der Waals surface area contributed by atoms with Crippen molar-refractivity contribution in [1.29, 1.82) is 0 Å². The van der Waals surface area contributed by atoms with E-state index in [1.165, 1.54) is 25.7 Å². The van der Waals surface area contributed by atoms with Gasteiger partial charge in [0.15, 0.2) is 5.78 Å². The number of hydrogen-bond donors (Lipinski definition) is 1. The Morgan fingerprint density at radius 2 is 1.50 bits per heavy atom. The lowest BCUT2D eigenvalue weighted by atomic mass is 9.73. The average Bonchev–Trinajstić information content (AvgIpc) is 3.19. The van der Waals surface area contributed by atoms with Crippen molar-refractivity contribution in [1.82, 2.24) is 9.80 Å². The molecule has 1 unspecified atom stereocenters. The van der Waals surface area contributed by atoms with E-state index in [-0.39, 0.29) is 52.5 Å². The van der Waals surface area contributed by atoms with Gasteiger partial charge in [-0.2, -0.15) is 0 Å². The molecule has 5 fully saturated rings. The van der Waals surface area contributed by atoms with Crippen LogP contribution in [0.15, 0.2) is 0 Å². The number of nitrogens with two attached hydrogens (primary N) is 1. The van der Waals surface area contributed by atoms with E-state index in [9.17, 15) is 24.0 Å². The number of fused-ring (bicyclic) bond motifs is 1. The molecule has 0 radical (unpaired) electrons. The van der Waals surface area contributed by atoms with Gasteiger partial charge in [0.05, 0.1) is 6.04 Å². The molecule has 270 valence electrons. The molecule has 2 amide bonds. The number of rotatable bonds is 15. The largest absolute Gasteiger partial charge is 0.363 e. The Balaban J connectivity index is 1.37. The molecule has 8 heteroatoms. The van der Waals surface area contributed by atoms with Gasteiger partial charge in [-0.15, -0.1) is 0 Å². The van der Waals surface area contributed by atoms with E-state index >= 15 is 0 Å². The van der Waals surface area contributed by atoms with Crippen LogP contribution in [-0.2, 0) is 24.0 Å². The molecule has 48 heavy (non-hydrogen) atoms. The van der Waals surface area contributed by atoms with Crippen LogP contribution in [0, 0.1) is 51.2 Å². The number of ketones is 3. The maximum Gasteiger partial charge on any atom is 0.285 e. The van der Waals surface area contributed by atoms with E-state index in [0.717, 1.165) is 51.7 Å². The molecule has 0 aromatic heterocycles. The van der Waals surface area contributed by atoms with Gasteiger partial charge in [0.25, 0.3) is 5.91 Å². The number of hydrogen-bond acceptors (Lipinski definition) is 6. The highest BCUT2D eigenvalue weighted by Gasteiger charge is 2.85. The molecule has 5 rings (SSSR count). The summed E-state index contributed by atoms with van der Waals surface area (Å²) >= 11 is 0. The zero-order valence-corrected chi connectivity index (χ0v) is 31.2. The van der Waals surface area contributed by atoms with Gasteiger partial charge in [0.1, 0.15) is 5.78 Å². The van der Waals surface area contributed by atoms with Crippen LogP contribution in [0.5, 0.6) is 0 Å². The van der Waals surface area contributed by atoms with Crippen molar-refractivity contribution in [3.63, 3.8) is 0 Å². The van der Waals surface area contributed by atoms with Gasteiger partial charge in [-0.3, -0.25) is 24.0 Å². The van der Waals surface area contributed by atoms with Crippen molar-refractivity contribution in [3.8, 4) is 0 Å². The lowest BCUT2D eigenvalue weighted by molar-refractivity contribution is -0.147. The summed E-state index contributed by atoms with van der Waals surface area (Å²) < 4.78 is 0. The van der Waals surface area contributed by atoms with Crippen LogP contribution in [0.1, 0.15) is 138 Å². The zero-order valence-electron chi connectivity index (χ0n) is 31.2. The second-order valence-electron chi connectivity index (χ2n) is 18.7. The minimum absolute atomic E-state index is 0.00612. The van der Waals surface area contributed by atoms with E-state index in [4.69, 9.17) is 5.73 Å². The molecule has 3 saturated carbocycles. The maximum absolute atomic E-state index is 14.9. The highest BCUT2D eigenvalue weighted by atomic mass is 16.2. The third-order valence-electron chi connectivity index (χ3n) is 14.5. The third-order valence-corrected chi connectivity index (χ3v) is 14.5. The molecule has 5 aliphatic rings. The fourth-order valence-corrected chi connectivity index (χ4v) is 10.7. The molecule has 0 aromatic carbocycles. The molecule has 5 atom stereocenters. The number of nitrogens with zero attached hydrogens (tertiary/aromatic N) is 2. The smallest absolute Gasteiger partial charge is 0.285 e. The quantitative estimate of drug-likeness (QED) is 0.203. The predicted molar refractivity (Wildman–Crippen MR) is 188 cm³/mol. The molecule has 2 aliphatic heterocycles. The molecule has 0 bridgehead atoms. The minimum Gasteiger partial charge on any atom is -0.363 e. The Labute approximate surface area is 290 Å². The first-order valence-corrected chi connectivity index (χ1v) is 19.3. The van der Waals surface area contributed by atoms with Crippen molar-refractivity contribution in [3.05, 3.63) is 0 Å². The van der Waals surface area contributed by atoms with E-state index in [1.807, 2.05) is 25.7 Å². The Hall–Kier alpha value is -2.09. The topological polar surface area (TPSA) is 118 Å². The number of primary amides is 1. The van der Waals surface area contributed by atoms with E-state index in [2.05, 4.69) is 32.6 Å². The number of likely N-dealkylation sites (tertiary alicyclic amines) is 2. The summed E-state index contributed by atoms with van der Waals surface area (Å²) in [5.74, 6) is -2.07. The number of carbonyl (C=O) groups excluding carboxylic acids is 5. The predicted octanol–water partition coefficient (Wildman–Crippen LogP) is 6.37. The van der Waals surface area contributed by atoms with Crippen molar-refractivity contribution < 1.29 is 24.0 Å². The van der Waals surface area contributed by atoms with Crippen LogP contribution >= 0.6 is 0 Å². The Bertz CT molecular complexity index is 1250. The molecule has 2 heterocycles. The van der Waals surface area contributed by atoms with Gasteiger partial charge >= 0.3 is 0 Å². The van der Waals surface area contributed by atoms with Crippen molar-refractivity contribution >= 4 is 29.2 Å². The van der Waals surface area contributed by atoms with E-state index in [1.54, 1.807) is 0 Å². The van der Waals surface area contributed by atoms with Crippen LogP contribution in [0.4, 0.5) is 0 Å². The molecule has 8 nitrogen and oxygen atoms in total. The summed E-state index contributed by atoms with van der Waals surface area (Å²) in [6.07, 6.45) is 11.9. The Morgan fingerprint density at radius 3 is 1.98 bits per heavy atom.